The van der Waals surface area contributed by atoms with Crippen molar-refractivity contribution in [3.8, 4) is 5.88 Å². The van der Waals surface area contributed by atoms with Gasteiger partial charge in [-0.25, -0.2) is 4.98 Å². The van der Waals surface area contributed by atoms with Crippen molar-refractivity contribution < 1.29 is 14.4 Å². The zero-order chi connectivity index (χ0) is 15.0. The van der Waals surface area contributed by atoms with Crippen LogP contribution in [0.5, 0.6) is 5.88 Å². The Kier molecular flexibility index (Phi) is 6.65. The van der Waals surface area contributed by atoms with Crippen LogP contribution in [0, 0.1) is 10.1 Å². The number of methoxy groups -OCH3 is 2. The van der Waals surface area contributed by atoms with E-state index in [4.69, 9.17) is 9.47 Å². The largest absolute Gasteiger partial charge is 0.476 e. The molecule has 0 aromatic carbocycles. The fourth-order valence-corrected chi connectivity index (χ4v) is 1.67. The number of nitrogens with one attached hydrogen (secondary N) is 1. The molecular weight excluding hydrogens is 264 g/mol. The molecule has 0 atom stereocenters. The topological polar surface area (TPSA) is 99.4 Å². The number of nitro groups is 1. The summed E-state index contributed by atoms with van der Waals surface area (Å²) in [5.41, 5.74) is -0.232. The molecule has 8 nitrogen and oxygen atoms in total. The summed E-state index contributed by atoms with van der Waals surface area (Å²) in [6.07, 6.45) is 2.22. The number of anilines is 1. The Morgan fingerprint density at radius 3 is 2.65 bits per heavy atom. The molecule has 1 rings (SSSR count). The Morgan fingerprint density at radius 1 is 1.35 bits per heavy atom. The first-order valence-electron chi connectivity index (χ1n) is 6.46. The van der Waals surface area contributed by atoms with Gasteiger partial charge in [0, 0.05) is 26.7 Å². The van der Waals surface area contributed by atoms with Gasteiger partial charge < -0.3 is 14.8 Å². The van der Waals surface area contributed by atoms with E-state index in [1.54, 1.807) is 7.11 Å². The molecule has 0 fully saturated rings. The van der Waals surface area contributed by atoms with Crippen molar-refractivity contribution in [1.82, 2.24) is 9.97 Å². The maximum atomic E-state index is 11.1. The lowest BCUT2D eigenvalue weighted by Gasteiger charge is -2.10. The van der Waals surface area contributed by atoms with Crippen LogP contribution >= 0.6 is 0 Å². The van der Waals surface area contributed by atoms with Gasteiger partial charge in [0.15, 0.2) is 0 Å². The lowest BCUT2D eigenvalue weighted by molar-refractivity contribution is -0.385. The average Bonchev–Trinajstić information content (AvgIpc) is 2.43. The van der Waals surface area contributed by atoms with Crippen molar-refractivity contribution in [2.24, 2.45) is 0 Å². The molecule has 0 bridgehead atoms. The fraction of sp³-hybridized carbons (Fsp3) is 0.667. The third kappa shape index (κ3) is 4.30. The monoisotopic (exact) mass is 284 g/mol. The minimum absolute atomic E-state index is 0.0114. The Labute approximate surface area is 117 Å². The van der Waals surface area contributed by atoms with Gasteiger partial charge in [-0.3, -0.25) is 10.1 Å². The Bertz CT molecular complexity index is 453. The Morgan fingerprint density at radius 2 is 2.10 bits per heavy atom. The zero-order valence-electron chi connectivity index (χ0n) is 12.0. The van der Waals surface area contributed by atoms with E-state index in [0.717, 1.165) is 12.8 Å². The molecule has 8 heteroatoms. The number of ether oxygens (including phenoxy) is 2. The Balaban J connectivity index is 3.02. The molecule has 1 aromatic heterocycles. The molecule has 0 saturated carbocycles. The van der Waals surface area contributed by atoms with Gasteiger partial charge in [0.05, 0.1) is 12.0 Å². The molecule has 20 heavy (non-hydrogen) atoms. The van der Waals surface area contributed by atoms with Crippen molar-refractivity contribution in [1.29, 1.82) is 0 Å². The van der Waals surface area contributed by atoms with Crippen LogP contribution in [-0.4, -0.2) is 42.3 Å². The third-order valence-electron chi connectivity index (χ3n) is 2.57. The van der Waals surface area contributed by atoms with Crippen molar-refractivity contribution >= 4 is 11.5 Å². The SMILES string of the molecule is CCCc1nc(NCCCOC)c([N+](=O)[O-])c(OC)n1. The lowest BCUT2D eigenvalue weighted by Crippen LogP contribution is -2.12. The molecule has 0 unspecified atom stereocenters. The first-order chi connectivity index (χ1) is 9.63. The van der Waals surface area contributed by atoms with Crippen LogP contribution in [0.1, 0.15) is 25.6 Å². The number of rotatable bonds is 9. The number of hydrogen-bond donors (Lipinski definition) is 1. The van der Waals surface area contributed by atoms with E-state index in [-0.39, 0.29) is 17.4 Å². The molecule has 1 heterocycles. The van der Waals surface area contributed by atoms with E-state index < -0.39 is 4.92 Å². The average molecular weight is 284 g/mol. The molecule has 0 saturated heterocycles. The van der Waals surface area contributed by atoms with E-state index in [2.05, 4.69) is 15.3 Å². The maximum absolute atomic E-state index is 11.1. The molecule has 0 aliphatic rings. The van der Waals surface area contributed by atoms with Crippen molar-refractivity contribution in [3.05, 3.63) is 15.9 Å². The van der Waals surface area contributed by atoms with Crippen LogP contribution in [-0.2, 0) is 11.2 Å². The normalized spacial score (nSPS) is 10.3. The van der Waals surface area contributed by atoms with Crippen molar-refractivity contribution in [3.63, 3.8) is 0 Å². The maximum Gasteiger partial charge on any atom is 0.372 e. The summed E-state index contributed by atoms with van der Waals surface area (Å²) in [5.74, 6) is 0.716. The molecule has 1 aromatic rings. The first kappa shape index (κ1) is 16.1. The summed E-state index contributed by atoms with van der Waals surface area (Å²) >= 11 is 0. The fourth-order valence-electron chi connectivity index (χ4n) is 1.67. The highest BCUT2D eigenvalue weighted by Gasteiger charge is 2.25. The molecular formula is C12H20N4O4. The van der Waals surface area contributed by atoms with E-state index in [0.29, 0.717) is 25.4 Å². The van der Waals surface area contributed by atoms with E-state index in [1.807, 2.05) is 6.92 Å². The molecule has 0 radical (unpaired) electrons. The summed E-state index contributed by atoms with van der Waals surface area (Å²) < 4.78 is 9.94. The minimum atomic E-state index is -0.535. The highest BCUT2D eigenvalue weighted by molar-refractivity contribution is 5.61. The summed E-state index contributed by atoms with van der Waals surface area (Å²) in [6, 6.07) is 0. The molecule has 112 valence electrons. The molecule has 1 N–H and O–H groups in total. The van der Waals surface area contributed by atoms with Crippen LogP contribution in [0.25, 0.3) is 0 Å². The second-order valence-corrected chi connectivity index (χ2v) is 4.13. The quantitative estimate of drug-likeness (QED) is 0.419. The molecule has 0 amide bonds. The lowest BCUT2D eigenvalue weighted by atomic mass is 10.3. The highest BCUT2D eigenvalue weighted by atomic mass is 16.6. The third-order valence-corrected chi connectivity index (χ3v) is 2.57. The van der Waals surface area contributed by atoms with Crippen LogP contribution in [0.15, 0.2) is 0 Å². The van der Waals surface area contributed by atoms with Crippen molar-refractivity contribution in [2.75, 3.05) is 32.7 Å². The van der Waals surface area contributed by atoms with Gasteiger partial charge in [-0.05, 0) is 12.8 Å². The molecule has 0 aliphatic heterocycles. The second-order valence-electron chi connectivity index (χ2n) is 4.13. The van der Waals surface area contributed by atoms with E-state index in [1.165, 1.54) is 7.11 Å². The van der Waals surface area contributed by atoms with Crippen LogP contribution < -0.4 is 10.1 Å². The Hall–Kier alpha value is -1.96. The predicted octanol–water partition coefficient (Wildman–Crippen LogP) is 1.79. The zero-order valence-corrected chi connectivity index (χ0v) is 12.0. The van der Waals surface area contributed by atoms with Gasteiger partial charge in [-0.15, -0.1) is 0 Å². The van der Waals surface area contributed by atoms with E-state index >= 15 is 0 Å². The van der Waals surface area contributed by atoms with Crippen molar-refractivity contribution in [2.45, 2.75) is 26.2 Å². The second kappa shape index (κ2) is 8.26. The minimum Gasteiger partial charge on any atom is -0.476 e. The van der Waals surface area contributed by atoms with Crippen LogP contribution in [0.2, 0.25) is 0 Å². The summed E-state index contributed by atoms with van der Waals surface area (Å²) in [7, 11) is 2.97. The number of nitrogens with zero attached hydrogens (tertiary/aromatic N) is 3. The number of hydrogen-bond acceptors (Lipinski definition) is 7. The van der Waals surface area contributed by atoms with Crippen LogP contribution in [0.3, 0.4) is 0 Å². The smallest absolute Gasteiger partial charge is 0.372 e. The van der Waals surface area contributed by atoms with E-state index in [9.17, 15) is 10.1 Å². The predicted molar refractivity (Wildman–Crippen MR) is 74.2 cm³/mol. The van der Waals surface area contributed by atoms with Gasteiger partial charge in [0.2, 0.25) is 5.82 Å². The molecule has 0 spiro atoms. The summed E-state index contributed by atoms with van der Waals surface area (Å²) in [5, 5.41) is 14.1. The summed E-state index contributed by atoms with van der Waals surface area (Å²) in [4.78, 5) is 18.9. The van der Waals surface area contributed by atoms with Gasteiger partial charge in [-0.2, -0.15) is 4.98 Å². The highest BCUT2D eigenvalue weighted by Crippen LogP contribution is 2.31. The van der Waals surface area contributed by atoms with Gasteiger partial charge in [0.25, 0.3) is 5.88 Å². The standard InChI is InChI=1S/C12H20N4O4/c1-4-6-9-14-11(13-7-5-8-19-2)10(16(17)18)12(15-9)20-3/h4-8H2,1-3H3,(H,13,14,15). The van der Waals surface area contributed by atoms with Crippen LogP contribution in [0.4, 0.5) is 11.5 Å². The summed E-state index contributed by atoms with van der Waals surface area (Å²) in [6.45, 7) is 3.09. The number of aromatic nitrogens is 2. The number of aryl methyl sites for hydroxylation is 1. The van der Waals surface area contributed by atoms with Gasteiger partial charge in [0.1, 0.15) is 5.82 Å². The van der Waals surface area contributed by atoms with Gasteiger partial charge in [-0.1, -0.05) is 6.92 Å². The van der Waals surface area contributed by atoms with Gasteiger partial charge >= 0.3 is 5.69 Å². The molecule has 0 aliphatic carbocycles. The first-order valence-corrected chi connectivity index (χ1v) is 6.46.